The van der Waals surface area contributed by atoms with Gasteiger partial charge in [0.15, 0.2) is 0 Å². The molecule has 0 aromatic heterocycles. The summed E-state index contributed by atoms with van der Waals surface area (Å²) in [6.07, 6.45) is 10.9. The summed E-state index contributed by atoms with van der Waals surface area (Å²) in [6.45, 7) is 4.23. The van der Waals surface area contributed by atoms with Crippen molar-refractivity contribution in [3.05, 3.63) is 11.8 Å². The molecule has 1 unspecified atom stereocenters. The maximum atomic E-state index is 5.61. The molecule has 1 heterocycles. The van der Waals surface area contributed by atoms with Crippen LogP contribution in [0.4, 0.5) is 0 Å². The van der Waals surface area contributed by atoms with Crippen LogP contribution in [-0.4, -0.2) is 43.7 Å². The fourth-order valence-corrected chi connectivity index (χ4v) is 3.73. The van der Waals surface area contributed by atoms with Crippen LogP contribution >= 0.6 is 0 Å². The van der Waals surface area contributed by atoms with Crippen LogP contribution in [0.2, 0.25) is 0 Å². The van der Waals surface area contributed by atoms with Gasteiger partial charge in [-0.05, 0) is 58.3 Å². The van der Waals surface area contributed by atoms with E-state index in [1.54, 1.807) is 0 Å². The monoisotopic (exact) mass is 266 g/mol. The molecule has 1 saturated carbocycles. The van der Waals surface area contributed by atoms with Crippen molar-refractivity contribution in [2.24, 2.45) is 0 Å². The van der Waals surface area contributed by atoms with Crippen molar-refractivity contribution in [3.8, 4) is 0 Å². The van der Waals surface area contributed by atoms with Crippen LogP contribution in [0.3, 0.4) is 0 Å². The quantitative estimate of drug-likeness (QED) is 0.800. The van der Waals surface area contributed by atoms with Crippen LogP contribution in [0, 0.1) is 0 Å². The second-order valence-corrected chi connectivity index (χ2v) is 6.26. The van der Waals surface area contributed by atoms with E-state index in [1.807, 2.05) is 6.26 Å². The minimum absolute atomic E-state index is 0.293. The molecule has 1 N–H and O–H groups in total. The van der Waals surface area contributed by atoms with Gasteiger partial charge in [-0.15, -0.1) is 0 Å². The second-order valence-electron chi connectivity index (χ2n) is 6.26. The number of nitrogens with zero attached hydrogens (tertiary/aromatic N) is 1. The Hall–Kier alpha value is -0.540. The Morgan fingerprint density at radius 2 is 2.05 bits per heavy atom. The number of nitrogens with one attached hydrogen (secondary N) is 1. The van der Waals surface area contributed by atoms with Gasteiger partial charge in [-0.3, -0.25) is 0 Å². The number of hydrogen-bond acceptors (Lipinski definition) is 3. The minimum Gasteiger partial charge on any atom is -0.501 e. The first kappa shape index (κ1) is 14.9. The molecule has 0 spiro atoms. The molecule has 1 atom stereocenters. The summed E-state index contributed by atoms with van der Waals surface area (Å²) in [6, 6.07) is 0.463. The minimum atomic E-state index is 0.293. The first-order valence-corrected chi connectivity index (χ1v) is 7.92. The molecule has 19 heavy (non-hydrogen) atoms. The van der Waals surface area contributed by atoms with E-state index in [1.165, 1.54) is 50.5 Å². The first-order valence-electron chi connectivity index (χ1n) is 7.92. The lowest BCUT2D eigenvalue weighted by Gasteiger charge is -2.45. The highest BCUT2D eigenvalue weighted by molar-refractivity contribution is 5.20. The Kier molecular flexibility index (Phi) is 5.28. The molecule has 0 radical (unpaired) electrons. The second kappa shape index (κ2) is 6.76. The van der Waals surface area contributed by atoms with E-state index in [-0.39, 0.29) is 0 Å². The molecule has 2 rings (SSSR count). The van der Waals surface area contributed by atoms with Gasteiger partial charge in [0.05, 0.1) is 12.9 Å². The van der Waals surface area contributed by atoms with E-state index < -0.39 is 0 Å². The summed E-state index contributed by atoms with van der Waals surface area (Å²) in [5, 5.41) is 3.81. The van der Waals surface area contributed by atoms with Gasteiger partial charge in [0.2, 0.25) is 0 Å². The van der Waals surface area contributed by atoms with Gasteiger partial charge in [-0.1, -0.05) is 19.8 Å². The molecule has 110 valence electrons. The number of rotatable bonds is 6. The molecular weight excluding hydrogens is 236 g/mol. The number of ether oxygens (including phenoxy) is 1. The highest BCUT2D eigenvalue weighted by Gasteiger charge is 2.44. The van der Waals surface area contributed by atoms with Crippen LogP contribution in [0.5, 0.6) is 0 Å². The Labute approximate surface area is 118 Å². The average molecular weight is 266 g/mol. The Balaban J connectivity index is 2.21. The molecule has 0 saturated heterocycles. The largest absolute Gasteiger partial charge is 0.501 e. The summed E-state index contributed by atoms with van der Waals surface area (Å²) in [5.41, 5.74) is 1.78. The van der Waals surface area contributed by atoms with Crippen LogP contribution in [0.15, 0.2) is 11.8 Å². The van der Waals surface area contributed by atoms with Crippen LogP contribution < -0.4 is 5.32 Å². The summed E-state index contributed by atoms with van der Waals surface area (Å²) in [4.78, 5) is 2.46. The predicted molar refractivity (Wildman–Crippen MR) is 80.2 cm³/mol. The molecule has 0 aromatic carbocycles. The number of hydrogen-bond donors (Lipinski definition) is 1. The Morgan fingerprint density at radius 3 is 2.58 bits per heavy atom. The van der Waals surface area contributed by atoms with Crippen molar-refractivity contribution in [2.45, 2.75) is 63.5 Å². The van der Waals surface area contributed by atoms with E-state index in [0.29, 0.717) is 11.6 Å². The van der Waals surface area contributed by atoms with Gasteiger partial charge in [0, 0.05) is 11.6 Å². The van der Waals surface area contributed by atoms with E-state index in [0.717, 1.165) is 13.2 Å². The fraction of sp³-hybridized carbons (Fsp3) is 0.875. The predicted octanol–water partition coefficient (Wildman–Crippen LogP) is 2.92. The third-order valence-electron chi connectivity index (χ3n) is 4.83. The van der Waals surface area contributed by atoms with Gasteiger partial charge >= 0.3 is 0 Å². The van der Waals surface area contributed by atoms with Crippen molar-refractivity contribution in [1.29, 1.82) is 0 Å². The van der Waals surface area contributed by atoms with E-state index in [4.69, 9.17) is 4.74 Å². The first-order chi connectivity index (χ1) is 9.20. The molecule has 1 aliphatic carbocycles. The third-order valence-corrected chi connectivity index (χ3v) is 4.83. The lowest BCUT2D eigenvalue weighted by Crippen LogP contribution is -2.58. The Morgan fingerprint density at radius 1 is 1.32 bits per heavy atom. The van der Waals surface area contributed by atoms with Crippen LogP contribution in [0.1, 0.15) is 51.9 Å². The van der Waals surface area contributed by atoms with Gasteiger partial charge in [0.1, 0.15) is 0 Å². The normalized spacial score (nSPS) is 24.1. The van der Waals surface area contributed by atoms with Crippen LogP contribution in [0.25, 0.3) is 0 Å². The van der Waals surface area contributed by atoms with Gasteiger partial charge in [0.25, 0.3) is 0 Å². The van der Waals surface area contributed by atoms with Crippen molar-refractivity contribution in [1.82, 2.24) is 10.2 Å². The molecule has 0 amide bonds. The zero-order chi connectivity index (χ0) is 13.7. The highest BCUT2D eigenvalue weighted by atomic mass is 16.5. The standard InChI is InChI=1S/C16H30N2O/c1-4-11-17-15(14-8-7-12-19-13-14)16(18(2)3)9-5-6-10-16/h13,15,17H,4-12H2,1-3H3. The average Bonchev–Trinajstić information content (AvgIpc) is 2.91. The summed E-state index contributed by atoms with van der Waals surface area (Å²) < 4.78 is 5.61. The molecule has 3 heteroatoms. The number of likely N-dealkylation sites (N-methyl/N-ethyl adjacent to an activating group) is 1. The van der Waals surface area contributed by atoms with Crippen molar-refractivity contribution < 1.29 is 4.74 Å². The summed E-state index contributed by atoms with van der Waals surface area (Å²) in [5.74, 6) is 0. The highest BCUT2D eigenvalue weighted by Crippen LogP contribution is 2.40. The lowest BCUT2D eigenvalue weighted by atomic mass is 9.80. The van der Waals surface area contributed by atoms with Crippen molar-refractivity contribution >= 4 is 0 Å². The molecule has 0 bridgehead atoms. The molecule has 0 aromatic rings. The van der Waals surface area contributed by atoms with E-state index >= 15 is 0 Å². The zero-order valence-electron chi connectivity index (χ0n) is 12.9. The SMILES string of the molecule is CCCNC(C1=COCCC1)C1(N(C)C)CCCC1. The maximum absolute atomic E-state index is 5.61. The topological polar surface area (TPSA) is 24.5 Å². The Bertz CT molecular complexity index is 306. The lowest BCUT2D eigenvalue weighted by molar-refractivity contribution is 0.111. The fourth-order valence-electron chi connectivity index (χ4n) is 3.73. The molecule has 3 nitrogen and oxygen atoms in total. The maximum Gasteiger partial charge on any atom is 0.0876 e. The van der Waals surface area contributed by atoms with Crippen molar-refractivity contribution in [2.75, 3.05) is 27.2 Å². The van der Waals surface area contributed by atoms with Gasteiger partial charge in [-0.25, -0.2) is 0 Å². The van der Waals surface area contributed by atoms with Gasteiger partial charge in [-0.2, -0.15) is 0 Å². The summed E-state index contributed by atoms with van der Waals surface area (Å²) in [7, 11) is 4.49. The van der Waals surface area contributed by atoms with Crippen LogP contribution in [-0.2, 0) is 4.74 Å². The summed E-state index contributed by atoms with van der Waals surface area (Å²) >= 11 is 0. The smallest absolute Gasteiger partial charge is 0.0876 e. The molecule has 1 fully saturated rings. The third kappa shape index (κ3) is 3.14. The molecule has 1 aliphatic heterocycles. The van der Waals surface area contributed by atoms with E-state index in [2.05, 4.69) is 31.2 Å². The zero-order valence-corrected chi connectivity index (χ0v) is 12.9. The molecular formula is C16H30N2O. The molecule has 2 aliphatic rings. The van der Waals surface area contributed by atoms with Gasteiger partial charge < -0.3 is 15.0 Å². The van der Waals surface area contributed by atoms with Crippen molar-refractivity contribution in [3.63, 3.8) is 0 Å². The van der Waals surface area contributed by atoms with E-state index in [9.17, 15) is 0 Å².